The van der Waals surface area contributed by atoms with E-state index in [1.165, 1.54) is 11.1 Å². The molecule has 96 valence electrons. The lowest BCUT2D eigenvalue weighted by Gasteiger charge is -2.47. The van der Waals surface area contributed by atoms with E-state index in [9.17, 15) is 10.0 Å². The summed E-state index contributed by atoms with van der Waals surface area (Å²) >= 11 is 0. The fourth-order valence-electron chi connectivity index (χ4n) is 3.94. The third-order valence-corrected chi connectivity index (χ3v) is 5.07. The van der Waals surface area contributed by atoms with E-state index in [1.807, 2.05) is 6.07 Å². The van der Waals surface area contributed by atoms with Crippen LogP contribution < -0.4 is 0 Å². The minimum absolute atomic E-state index is 0.0155. The Labute approximate surface area is 107 Å². The Morgan fingerprint density at radius 3 is 3.00 bits per heavy atom. The Balaban J connectivity index is 1.99. The number of phenolic OH excluding ortho intramolecular Hbond substituents is 1. The molecule has 1 aromatic carbocycles. The van der Waals surface area contributed by atoms with Gasteiger partial charge in [-0.05, 0) is 66.7 Å². The Kier molecular flexibility index (Phi) is 2.65. The summed E-state index contributed by atoms with van der Waals surface area (Å²) in [7, 11) is 0. The molecule has 0 aromatic heterocycles. The van der Waals surface area contributed by atoms with E-state index in [4.69, 9.17) is 0 Å². The highest BCUT2D eigenvalue weighted by Crippen LogP contribution is 2.50. The zero-order valence-electron chi connectivity index (χ0n) is 10.7. The second-order valence-corrected chi connectivity index (χ2v) is 6.03. The number of hydrogen-bond acceptors (Lipinski definition) is 3. The van der Waals surface area contributed by atoms with E-state index in [2.05, 4.69) is 18.2 Å². The molecular weight excluding hydrogens is 226 g/mol. The average molecular weight is 245 g/mol. The van der Waals surface area contributed by atoms with Crippen LogP contribution in [0, 0.1) is 10.8 Å². The van der Waals surface area contributed by atoms with Crippen LogP contribution in [0.2, 0.25) is 0 Å². The molecule has 3 rings (SSSR count). The normalized spacial score (nSPS) is 34.5. The van der Waals surface area contributed by atoms with Crippen LogP contribution in [0.5, 0.6) is 5.75 Å². The molecule has 0 bridgehead atoms. The predicted molar refractivity (Wildman–Crippen MR) is 70.7 cm³/mol. The molecule has 0 saturated heterocycles. The van der Waals surface area contributed by atoms with Gasteiger partial charge >= 0.3 is 0 Å². The van der Waals surface area contributed by atoms with Gasteiger partial charge in [0.25, 0.3) is 0 Å². The molecule has 1 N–H and O–H groups in total. The monoisotopic (exact) mass is 245 g/mol. The number of nitrogens with zero attached hydrogens (tertiary/aromatic N) is 1. The summed E-state index contributed by atoms with van der Waals surface area (Å²) in [4.78, 5) is 10.7. The third-order valence-electron chi connectivity index (χ3n) is 5.07. The number of hydrogen-bond donors (Lipinski definition) is 1. The van der Waals surface area contributed by atoms with Gasteiger partial charge in [-0.3, -0.25) is 0 Å². The lowest BCUT2D eigenvalue weighted by Crippen LogP contribution is -2.42. The van der Waals surface area contributed by atoms with Gasteiger partial charge in [0.1, 0.15) is 5.75 Å². The van der Waals surface area contributed by atoms with Crippen molar-refractivity contribution >= 4 is 0 Å². The van der Waals surface area contributed by atoms with Gasteiger partial charge in [0.2, 0.25) is 0 Å². The predicted octanol–water partition coefficient (Wildman–Crippen LogP) is 3.53. The summed E-state index contributed by atoms with van der Waals surface area (Å²) in [5.41, 5.74) is 2.83. The van der Waals surface area contributed by atoms with Gasteiger partial charge in [-0.25, -0.2) is 0 Å². The first-order valence-electron chi connectivity index (χ1n) is 6.78. The third kappa shape index (κ3) is 1.64. The van der Waals surface area contributed by atoms with Crippen molar-refractivity contribution in [3.05, 3.63) is 34.2 Å². The van der Waals surface area contributed by atoms with Crippen LogP contribution in [0.25, 0.3) is 0 Å². The molecule has 3 nitrogen and oxygen atoms in total. The Morgan fingerprint density at radius 1 is 1.39 bits per heavy atom. The number of phenols is 1. The van der Waals surface area contributed by atoms with Crippen LogP contribution in [0.15, 0.2) is 23.4 Å². The first-order chi connectivity index (χ1) is 8.63. The summed E-state index contributed by atoms with van der Waals surface area (Å²) in [6.45, 7) is 2.31. The molecule has 0 spiro atoms. The number of aryl methyl sites for hydroxylation is 1. The first kappa shape index (κ1) is 11.7. The SMILES string of the molecule is C[C@@]12CCC(N=O)C[C@H]1CCc1cc(O)ccc12. The van der Waals surface area contributed by atoms with Gasteiger partial charge in [-0.15, -0.1) is 0 Å². The second kappa shape index (κ2) is 4.08. The second-order valence-electron chi connectivity index (χ2n) is 6.03. The van der Waals surface area contributed by atoms with Crippen molar-refractivity contribution in [2.24, 2.45) is 11.1 Å². The fourth-order valence-corrected chi connectivity index (χ4v) is 3.94. The topological polar surface area (TPSA) is 49.7 Å². The van der Waals surface area contributed by atoms with E-state index in [-0.39, 0.29) is 11.5 Å². The van der Waals surface area contributed by atoms with E-state index in [0.717, 1.165) is 32.1 Å². The van der Waals surface area contributed by atoms with E-state index in [1.54, 1.807) is 6.07 Å². The Bertz CT molecular complexity index is 485. The molecule has 0 heterocycles. The lowest BCUT2D eigenvalue weighted by atomic mass is 9.57. The number of aromatic hydroxyl groups is 1. The maximum atomic E-state index is 10.7. The molecule has 2 aliphatic rings. The molecule has 1 fully saturated rings. The van der Waals surface area contributed by atoms with Crippen LogP contribution in [-0.4, -0.2) is 11.1 Å². The molecule has 1 unspecified atom stereocenters. The smallest absolute Gasteiger partial charge is 0.115 e. The Morgan fingerprint density at radius 2 is 2.22 bits per heavy atom. The van der Waals surface area contributed by atoms with Crippen molar-refractivity contribution < 1.29 is 5.11 Å². The van der Waals surface area contributed by atoms with E-state index < -0.39 is 0 Å². The molecule has 3 atom stereocenters. The molecule has 1 saturated carbocycles. The van der Waals surface area contributed by atoms with Gasteiger partial charge in [-0.2, -0.15) is 4.91 Å². The van der Waals surface area contributed by atoms with Crippen LogP contribution in [-0.2, 0) is 11.8 Å². The Hall–Kier alpha value is -1.38. The van der Waals surface area contributed by atoms with Gasteiger partial charge in [0.15, 0.2) is 0 Å². The van der Waals surface area contributed by atoms with Crippen molar-refractivity contribution in [3.63, 3.8) is 0 Å². The lowest BCUT2D eigenvalue weighted by molar-refractivity contribution is 0.162. The quantitative estimate of drug-likeness (QED) is 0.769. The molecule has 2 aliphatic carbocycles. The van der Waals surface area contributed by atoms with Gasteiger partial charge in [0.05, 0.1) is 6.04 Å². The van der Waals surface area contributed by atoms with Crippen molar-refractivity contribution in [3.8, 4) is 5.75 Å². The van der Waals surface area contributed by atoms with Crippen molar-refractivity contribution in [2.45, 2.75) is 50.5 Å². The minimum Gasteiger partial charge on any atom is -0.508 e. The minimum atomic E-state index is 0.0155. The van der Waals surface area contributed by atoms with Gasteiger partial charge in [-0.1, -0.05) is 18.2 Å². The van der Waals surface area contributed by atoms with Crippen molar-refractivity contribution in [2.75, 3.05) is 0 Å². The highest BCUT2D eigenvalue weighted by atomic mass is 16.3. The molecule has 18 heavy (non-hydrogen) atoms. The molecule has 0 amide bonds. The summed E-state index contributed by atoms with van der Waals surface area (Å²) in [5, 5.41) is 12.8. The van der Waals surface area contributed by atoms with Crippen molar-refractivity contribution in [1.29, 1.82) is 0 Å². The number of nitroso groups, excluding NO2 is 1. The van der Waals surface area contributed by atoms with Crippen LogP contribution in [0.4, 0.5) is 0 Å². The number of benzene rings is 1. The summed E-state index contributed by atoms with van der Waals surface area (Å²) in [6, 6.07) is 5.78. The molecule has 1 aromatic rings. The summed E-state index contributed by atoms with van der Waals surface area (Å²) in [5.74, 6) is 0.921. The number of fused-ring (bicyclic) bond motifs is 3. The zero-order valence-corrected chi connectivity index (χ0v) is 10.7. The zero-order chi connectivity index (χ0) is 12.8. The summed E-state index contributed by atoms with van der Waals surface area (Å²) < 4.78 is 0. The largest absolute Gasteiger partial charge is 0.508 e. The van der Waals surface area contributed by atoms with Crippen molar-refractivity contribution in [1.82, 2.24) is 0 Å². The van der Waals surface area contributed by atoms with E-state index >= 15 is 0 Å². The van der Waals surface area contributed by atoms with Gasteiger partial charge < -0.3 is 5.11 Å². The molecular formula is C15H19NO2. The van der Waals surface area contributed by atoms with Gasteiger partial charge in [0, 0.05) is 0 Å². The fraction of sp³-hybridized carbons (Fsp3) is 0.600. The van der Waals surface area contributed by atoms with Crippen LogP contribution in [0.3, 0.4) is 0 Å². The highest BCUT2D eigenvalue weighted by Gasteiger charge is 2.44. The highest BCUT2D eigenvalue weighted by molar-refractivity contribution is 5.42. The molecule has 3 heteroatoms. The standard InChI is InChI=1S/C15H19NO2/c1-15-7-6-12(16-18)9-11(15)3-2-10-8-13(17)4-5-14(10)15/h4-5,8,11-12,17H,2-3,6-7,9H2,1H3/t11-,12?,15-/m1/s1. The van der Waals surface area contributed by atoms with E-state index in [0.29, 0.717) is 11.7 Å². The molecule has 0 radical (unpaired) electrons. The van der Waals surface area contributed by atoms with Crippen LogP contribution >= 0.6 is 0 Å². The summed E-state index contributed by atoms with van der Waals surface area (Å²) in [6.07, 6.45) is 4.98. The molecule has 0 aliphatic heterocycles. The van der Waals surface area contributed by atoms with Crippen LogP contribution in [0.1, 0.15) is 43.7 Å². The average Bonchev–Trinajstić information content (AvgIpc) is 2.37. The number of rotatable bonds is 1. The maximum absolute atomic E-state index is 10.7. The maximum Gasteiger partial charge on any atom is 0.115 e. The first-order valence-corrected chi connectivity index (χ1v) is 6.78.